The highest BCUT2D eigenvalue weighted by molar-refractivity contribution is 7.99. The van der Waals surface area contributed by atoms with Crippen molar-refractivity contribution in [2.24, 2.45) is 0 Å². The quantitative estimate of drug-likeness (QED) is 0.853. The number of hydrogen-bond acceptors (Lipinski definition) is 2. The summed E-state index contributed by atoms with van der Waals surface area (Å²) in [6, 6.07) is 3.64. The zero-order valence-corrected chi connectivity index (χ0v) is 10.6. The predicted octanol–water partition coefficient (Wildman–Crippen LogP) is 3.37. The Morgan fingerprint density at radius 3 is 2.19 bits per heavy atom. The molecule has 0 aliphatic heterocycles. The van der Waals surface area contributed by atoms with Crippen molar-refractivity contribution in [3.63, 3.8) is 0 Å². The van der Waals surface area contributed by atoms with E-state index in [2.05, 4.69) is 19.2 Å². The number of nitrogens with one attached hydrogen (secondary N) is 1. The van der Waals surface area contributed by atoms with E-state index in [0.29, 0.717) is 10.8 Å². The highest BCUT2D eigenvalue weighted by Gasteiger charge is 2.12. The molecule has 0 saturated heterocycles. The molecular weight excluding hydrogens is 228 g/mol. The van der Waals surface area contributed by atoms with E-state index >= 15 is 0 Å². The van der Waals surface area contributed by atoms with E-state index in [4.69, 9.17) is 0 Å². The van der Waals surface area contributed by atoms with E-state index in [9.17, 15) is 8.78 Å². The molecule has 0 bridgehead atoms. The standard InChI is InChI=1S/C12H17F2NS/c1-8(2)16-7-12(15-3)9-4-10(13)6-11(14)5-9/h4-6,8,12,15H,7H2,1-3H3. The van der Waals surface area contributed by atoms with E-state index in [0.717, 1.165) is 11.8 Å². The molecule has 0 amide bonds. The summed E-state index contributed by atoms with van der Waals surface area (Å²) in [5, 5.41) is 3.58. The van der Waals surface area contributed by atoms with Gasteiger partial charge in [0.1, 0.15) is 11.6 Å². The van der Waals surface area contributed by atoms with Gasteiger partial charge in [-0.15, -0.1) is 0 Å². The molecule has 1 rings (SSSR count). The second-order valence-corrected chi connectivity index (χ2v) is 5.54. The molecule has 1 unspecified atom stereocenters. The van der Waals surface area contributed by atoms with Gasteiger partial charge in [-0.3, -0.25) is 0 Å². The van der Waals surface area contributed by atoms with Crippen molar-refractivity contribution in [3.05, 3.63) is 35.4 Å². The van der Waals surface area contributed by atoms with E-state index in [1.165, 1.54) is 12.1 Å². The van der Waals surface area contributed by atoms with Gasteiger partial charge in [0.2, 0.25) is 0 Å². The van der Waals surface area contributed by atoms with Crippen molar-refractivity contribution in [1.82, 2.24) is 5.32 Å². The third-order valence-electron chi connectivity index (χ3n) is 2.23. The summed E-state index contributed by atoms with van der Waals surface area (Å²) in [6.07, 6.45) is 0. The van der Waals surface area contributed by atoms with Gasteiger partial charge in [-0.25, -0.2) is 8.78 Å². The maximum atomic E-state index is 13.0. The number of benzene rings is 1. The van der Waals surface area contributed by atoms with Gasteiger partial charge in [-0.05, 0) is 30.0 Å². The fraction of sp³-hybridized carbons (Fsp3) is 0.500. The molecule has 0 aromatic heterocycles. The van der Waals surface area contributed by atoms with E-state index in [1.807, 2.05) is 0 Å². The SMILES string of the molecule is CNC(CSC(C)C)c1cc(F)cc(F)c1. The molecule has 1 aromatic rings. The Morgan fingerprint density at radius 1 is 1.19 bits per heavy atom. The largest absolute Gasteiger partial charge is 0.312 e. The number of halogens is 2. The number of thioether (sulfide) groups is 1. The van der Waals surface area contributed by atoms with Gasteiger partial charge < -0.3 is 5.32 Å². The second-order valence-electron chi connectivity index (χ2n) is 3.93. The second kappa shape index (κ2) is 6.21. The number of rotatable bonds is 5. The Morgan fingerprint density at radius 2 is 1.75 bits per heavy atom. The predicted molar refractivity (Wildman–Crippen MR) is 65.8 cm³/mol. The van der Waals surface area contributed by atoms with Crippen LogP contribution in [0.4, 0.5) is 8.78 Å². The molecule has 0 aliphatic carbocycles. The van der Waals surface area contributed by atoms with Gasteiger partial charge in [-0.1, -0.05) is 13.8 Å². The van der Waals surface area contributed by atoms with Crippen LogP contribution < -0.4 is 5.32 Å². The summed E-state index contributed by atoms with van der Waals surface area (Å²) in [4.78, 5) is 0. The third-order valence-corrected chi connectivity index (χ3v) is 3.42. The van der Waals surface area contributed by atoms with E-state index < -0.39 is 11.6 Å². The Balaban J connectivity index is 2.78. The lowest BCUT2D eigenvalue weighted by Gasteiger charge is -2.17. The van der Waals surface area contributed by atoms with Crippen LogP contribution in [0, 0.1) is 11.6 Å². The third kappa shape index (κ3) is 4.10. The monoisotopic (exact) mass is 245 g/mol. The van der Waals surface area contributed by atoms with Crippen molar-refractivity contribution < 1.29 is 8.78 Å². The van der Waals surface area contributed by atoms with Crippen LogP contribution in [0.25, 0.3) is 0 Å². The Labute approximate surface area is 99.6 Å². The van der Waals surface area contributed by atoms with Gasteiger partial charge in [0.05, 0.1) is 0 Å². The molecular formula is C12H17F2NS. The van der Waals surface area contributed by atoms with Crippen LogP contribution in [0.3, 0.4) is 0 Å². The zero-order valence-electron chi connectivity index (χ0n) is 9.76. The fourth-order valence-electron chi connectivity index (χ4n) is 1.41. The first-order valence-corrected chi connectivity index (χ1v) is 6.32. The van der Waals surface area contributed by atoms with Crippen molar-refractivity contribution in [2.75, 3.05) is 12.8 Å². The molecule has 1 aromatic carbocycles. The summed E-state index contributed by atoms with van der Waals surface area (Å²) in [5.41, 5.74) is 0.660. The van der Waals surface area contributed by atoms with Crippen molar-refractivity contribution >= 4 is 11.8 Å². The highest BCUT2D eigenvalue weighted by atomic mass is 32.2. The molecule has 0 spiro atoms. The first kappa shape index (κ1) is 13.5. The lowest BCUT2D eigenvalue weighted by molar-refractivity contribution is 0.568. The van der Waals surface area contributed by atoms with E-state index in [-0.39, 0.29) is 6.04 Å². The first-order valence-electron chi connectivity index (χ1n) is 5.27. The normalized spacial score (nSPS) is 13.1. The molecule has 16 heavy (non-hydrogen) atoms. The molecule has 1 atom stereocenters. The van der Waals surface area contributed by atoms with Gasteiger partial charge in [0.15, 0.2) is 0 Å². The lowest BCUT2D eigenvalue weighted by Crippen LogP contribution is -2.19. The van der Waals surface area contributed by atoms with Crippen molar-refractivity contribution in [2.45, 2.75) is 25.1 Å². The molecule has 0 aliphatic rings. The topological polar surface area (TPSA) is 12.0 Å². The molecule has 1 N–H and O–H groups in total. The Hall–Kier alpha value is -0.610. The van der Waals surface area contributed by atoms with Gasteiger partial charge in [0, 0.05) is 17.9 Å². The minimum absolute atomic E-state index is 0.0161. The van der Waals surface area contributed by atoms with Gasteiger partial charge in [-0.2, -0.15) is 11.8 Å². The maximum absolute atomic E-state index is 13.0. The molecule has 0 radical (unpaired) electrons. The maximum Gasteiger partial charge on any atom is 0.126 e. The molecule has 0 fully saturated rings. The lowest BCUT2D eigenvalue weighted by atomic mass is 10.1. The summed E-state index contributed by atoms with van der Waals surface area (Å²) < 4.78 is 26.1. The average Bonchev–Trinajstić information content (AvgIpc) is 2.16. The van der Waals surface area contributed by atoms with Crippen LogP contribution in [-0.2, 0) is 0 Å². The van der Waals surface area contributed by atoms with Crippen LogP contribution in [0.15, 0.2) is 18.2 Å². The van der Waals surface area contributed by atoms with Gasteiger partial charge in [0.25, 0.3) is 0 Å². The number of hydrogen-bond donors (Lipinski definition) is 1. The summed E-state index contributed by atoms with van der Waals surface area (Å²) in [7, 11) is 1.80. The zero-order chi connectivity index (χ0) is 12.1. The average molecular weight is 245 g/mol. The summed E-state index contributed by atoms with van der Waals surface area (Å²) in [6.45, 7) is 4.20. The summed E-state index contributed by atoms with van der Waals surface area (Å²) in [5.74, 6) is -0.244. The van der Waals surface area contributed by atoms with Crippen LogP contribution in [0.5, 0.6) is 0 Å². The minimum Gasteiger partial charge on any atom is -0.312 e. The fourth-order valence-corrected chi connectivity index (χ4v) is 2.35. The van der Waals surface area contributed by atoms with Crippen molar-refractivity contribution in [1.29, 1.82) is 0 Å². The highest BCUT2D eigenvalue weighted by Crippen LogP contribution is 2.22. The molecule has 90 valence electrons. The first-order chi connectivity index (χ1) is 7.52. The molecule has 0 heterocycles. The van der Waals surface area contributed by atoms with Crippen LogP contribution in [0.1, 0.15) is 25.5 Å². The smallest absolute Gasteiger partial charge is 0.126 e. The summed E-state index contributed by atoms with van der Waals surface area (Å²) >= 11 is 1.76. The molecule has 4 heteroatoms. The van der Waals surface area contributed by atoms with Crippen molar-refractivity contribution in [3.8, 4) is 0 Å². The minimum atomic E-state index is -0.523. The molecule has 0 saturated carbocycles. The van der Waals surface area contributed by atoms with Crippen LogP contribution in [0.2, 0.25) is 0 Å². The Kier molecular flexibility index (Phi) is 5.22. The Bertz CT molecular complexity index is 322. The van der Waals surface area contributed by atoms with Crippen LogP contribution in [-0.4, -0.2) is 18.1 Å². The molecule has 1 nitrogen and oxygen atoms in total. The van der Waals surface area contributed by atoms with Gasteiger partial charge >= 0.3 is 0 Å². The van der Waals surface area contributed by atoms with E-state index in [1.54, 1.807) is 18.8 Å². The van der Waals surface area contributed by atoms with Crippen LogP contribution >= 0.6 is 11.8 Å².